The summed E-state index contributed by atoms with van der Waals surface area (Å²) in [6, 6.07) is 23.6. The lowest BCUT2D eigenvalue weighted by Crippen LogP contribution is -2.40. The molecule has 152 valence electrons. The quantitative estimate of drug-likeness (QED) is 0.353. The number of carbonyl (C=O) groups is 1. The summed E-state index contributed by atoms with van der Waals surface area (Å²) in [5.41, 5.74) is 6.32. The van der Waals surface area contributed by atoms with Gasteiger partial charge in [0, 0.05) is 56.4 Å². The van der Waals surface area contributed by atoms with Crippen molar-refractivity contribution in [2.45, 2.75) is 12.5 Å². The van der Waals surface area contributed by atoms with Crippen LogP contribution in [0.4, 0.5) is 0 Å². The van der Waals surface area contributed by atoms with Crippen LogP contribution in [0.25, 0.3) is 21.8 Å². The van der Waals surface area contributed by atoms with E-state index >= 15 is 0 Å². The largest absolute Gasteiger partial charge is 0.361 e. The van der Waals surface area contributed by atoms with Crippen molar-refractivity contribution in [3.8, 4) is 0 Å². The van der Waals surface area contributed by atoms with Crippen LogP contribution in [-0.4, -0.2) is 27.3 Å². The standard InChI is InChI=1S/C26H20ClN3O/c27-17-11-9-16(10-12-17)26(31)30-14-13-20-18-5-2-4-8-23(18)29-24(20)25(30)21-15-28-22-7-3-1-6-19(21)22/h1-12,15,25,28-29H,13-14H2. The molecule has 2 aromatic heterocycles. The Balaban J connectivity index is 1.56. The van der Waals surface area contributed by atoms with Crippen LogP contribution in [0, 0.1) is 0 Å². The number of aromatic nitrogens is 2. The summed E-state index contributed by atoms with van der Waals surface area (Å²) < 4.78 is 0. The third-order valence-electron chi connectivity index (χ3n) is 6.30. The fourth-order valence-electron chi connectivity index (χ4n) is 4.86. The van der Waals surface area contributed by atoms with Crippen LogP contribution in [0.3, 0.4) is 0 Å². The molecule has 1 aliphatic rings. The number of fused-ring (bicyclic) bond motifs is 4. The van der Waals surface area contributed by atoms with Gasteiger partial charge >= 0.3 is 0 Å². The summed E-state index contributed by atoms with van der Waals surface area (Å²) in [5, 5.41) is 3.00. The molecule has 1 unspecified atom stereocenters. The lowest BCUT2D eigenvalue weighted by Gasteiger charge is -2.36. The molecular weight excluding hydrogens is 406 g/mol. The van der Waals surface area contributed by atoms with Crippen molar-refractivity contribution >= 4 is 39.3 Å². The summed E-state index contributed by atoms with van der Waals surface area (Å²) in [6.45, 7) is 0.653. The molecule has 0 bridgehead atoms. The van der Waals surface area contributed by atoms with Gasteiger partial charge in [0.1, 0.15) is 0 Å². The molecule has 5 heteroatoms. The van der Waals surface area contributed by atoms with Gasteiger partial charge in [0.05, 0.1) is 6.04 Å². The molecule has 1 atom stereocenters. The van der Waals surface area contributed by atoms with Gasteiger partial charge in [-0.05, 0) is 48.4 Å². The van der Waals surface area contributed by atoms with Crippen molar-refractivity contribution in [2.75, 3.05) is 6.54 Å². The Bertz CT molecular complexity index is 1430. The number of hydrogen-bond donors (Lipinski definition) is 2. The molecule has 3 heterocycles. The third kappa shape index (κ3) is 2.87. The smallest absolute Gasteiger partial charge is 0.254 e. The number of H-pyrrole nitrogens is 2. The van der Waals surface area contributed by atoms with Crippen molar-refractivity contribution in [1.29, 1.82) is 0 Å². The zero-order chi connectivity index (χ0) is 20.9. The molecule has 0 saturated carbocycles. The lowest BCUT2D eigenvalue weighted by atomic mass is 9.91. The Morgan fingerprint density at radius 1 is 0.903 bits per heavy atom. The fourth-order valence-corrected chi connectivity index (χ4v) is 4.99. The van der Waals surface area contributed by atoms with E-state index in [2.05, 4.69) is 40.3 Å². The molecule has 1 aliphatic heterocycles. The normalized spacial score (nSPS) is 16.0. The van der Waals surface area contributed by atoms with E-state index in [1.165, 1.54) is 10.9 Å². The maximum absolute atomic E-state index is 13.6. The maximum atomic E-state index is 13.6. The summed E-state index contributed by atoms with van der Waals surface area (Å²) in [5.74, 6) is 0.0104. The highest BCUT2D eigenvalue weighted by atomic mass is 35.5. The predicted molar refractivity (Wildman–Crippen MR) is 125 cm³/mol. The first-order chi connectivity index (χ1) is 15.2. The average Bonchev–Trinajstić information content (AvgIpc) is 3.40. The van der Waals surface area contributed by atoms with Gasteiger partial charge in [-0.3, -0.25) is 4.79 Å². The molecule has 31 heavy (non-hydrogen) atoms. The zero-order valence-corrected chi connectivity index (χ0v) is 17.5. The number of amides is 1. The highest BCUT2D eigenvalue weighted by Gasteiger charge is 2.36. The van der Waals surface area contributed by atoms with E-state index in [1.54, 1.807) is 24.3 Å². The molecule has 0 radical (unpaired) electrons. The second kappa shape index (κ2) is 7.03. The number of nitrogens with one attached hydrogen (secondary N) is 2. The van der Waals surface area contributed by atoms with E-state index in [4.69, 9.17) is 11.6 Å². The highest BCUT2D eigenvalue weighted by molar-refractivity contribution is 6.30. The Morgan fingerprint density at radius 3 is 2.42 bits per heavy atom. The molecule has 0 aliphatic carbocycles. The van der Waals surface area contributed by atoms with Gasteiger partial charge in [-0.25, -0.2) is 0 Å². The van der Waals surface area contributed by atoms with Crippen LogP contribution in [0.2, 0.25) is 5.02 Å². The van der Waals surface area contributed by atoms with Gasteiger partial charge < -0.3 is 14.9 Å². The van der Waals surface area contributed by atoms with E-state index in [1.807, 2.05) is 29.3 Å². The molecule has 6 rings (SSSR count). The molecular formula is C26H20ClN3O. The van der Waals surface area contributed by atoms with Gasteiger partial charge in [-0.2, -0.15) is 0 Å². The summed E-state index contributed by atoms with van der Waals surface area (Å²) in [6.07, 6.45) is 2.86. The van der Waals surface area contributed by atoms with Crippen LogP contribution >= 0.6 is 11.6 Å². The Labute approximate surface area is 184 Å². The van der Waals surface area contributed by atoms with Crippen LogP contribution in [0.1, 0.15) is 33.2 Å². The van der Waals surface area contributed by atoms with Crippen molar-refractivity contribution in [3.05, 3.63) is 106 Å². The predicted octanol–water partition coefficient (Wildman–Crippen LogP) is 6.09. The molecule has 0 fully saturated rings. The Morgan fingerprint density at radius 2 is 1.61 bits per heavy atom. The molecule has 5 aromatic rings. The first-order valence-electron chi connectivity index (χ1n) is 10.4. The van der Waals surface area contributed by atoms with Gasteiger partial charge in [-0.1, -0.05) is 48.0 Å². The minimum atomic E-state index is -0.199. The average molecular weight is 426 g/mol. The summed E-state index contributed by atoms with van der Waals surface area (Å²) in [7, 11) is 0. The number of aromatic amines is 2. The number of para-hydroxylation sites is 2. The van der Waals surface area contributed by atoms with Crippen molar-refractivity contribution in [1.82, 2.24) is 14.9 Å². The van der Waals surface area contributed by atoms with Gasteiger partial charge in [0.25, 0.3) is 5.91 Å². The van der Waals surface area contributed by atoms with E-state index < -0.39 is 0 Å². The minimum Gasteiger partial charge on any atom is -0.361 e. The molecule has 0 spiro atoms. The van der Waals surface area contributed by atoms with E-state index in [9.17, 15) is 4.79 Å². The molecule has 3 aromatic carbocycles. The number of carbonyl (C=O) groups excluding carboxylic acids is 1. The number of halogens is 1. The van der Waals surface area contributed by atoms with Gasteiger partial charge in [0.15, 0.2) is 0 Å². The van der Waals surface area contributed by atoms with Gasteiger partial charge in [-0.15, -0.1) is 0 Å². The van der Waals surface area contributed by atoms with Crippen molar-refractivity contribution in [3.63, 3.8) is 0 Å². The third-order valence-corrected chi connectivity index (χ3v) is 6.55. The Kier molecular flexibility index (Phi) is 4.15. The first kappa shape index (κ1) is 18.3. The highest BCUT2D eigenvalue weighted by Crippen LogP contribution is 2.41. The SMILES string of the molecule is O=C(c1ccc(Cl)cc1)N1CCc2c([nH]c3ccccc23)C1c1c[nH]c2ccccc12. The molecule has 1 amide bonds. The number of nitrogens with zero attached hydrogens (tertiary/aromatic N) is 1. The van der Waals surface area contributed by atoms with Crippen LogP contribution in [0.5, 0.6) is 0 Å². The fraction of sp³-hybridized carbons (Fsp3) is 0.115. The minimum absolute atomic E-state index is 0.0104. The first-order valence-corrected chi connectivity index (χ1v) is 10.8. The van der Waals surface area contributed by atoms with Crippen LogP contribution < -0.4 is 0 Å². The van der Waals surface area contributed by atoms with E-state index in [0.29, 0.717) is 17.1 Å². The molecule has 4 nitrogen and oxygen atoms in total. The summed E-state index contributed by atoms with van der Waals surface area (Å²) in [4.78, 5) is 22.6. The number of hydrogen-bond acceptors (Lipinski definition) is 1. The monoisotopic (exact) mass is 425 g/mol. The van der Waals surface area contributed by atoms with Crippen molar-refractivity contribution in [2.24, 2.45) is 0 Å². The van der Waals surface area contributed by atoms with Crippen LogP contribution in [-0.2, 0) is 6.42 Å². The number of rotatable bonds is 2. The molecule has 0 saturated heterocycles. The lowest BCUT2D eigenvalue weighted by molar-refractivity contribution is 0.0693. The maximum Gasteiger partial charge on any atom is 0.254 e. The van der Waals surface area contributed by atoms with E-state index in [-0.39, 0.29) is 11.9 Å². The van der Waals surface area contributed by atoms with Crippen molar-refractivity contribution < 1.29 is 4.79 Å². The second-order valence-electron chi connectivity index (χ2n) is 8.01. The van der Waals surface area contributed by atoms with Gasteiger partial charge in [0.2, 0.25) is 0 Å². The summed E-state index contributed by atoms with van der Waals surface area (Å²) >= 11 is 6.06. The second-order valence-corrected chi connectivity index (χ2v) is 8.45. The zero-order valence-electron chi connectivity index (χ0n) is 16.7. The topological polar surface area (TPSA) is 51.9 Å². The Hall–Kier alpha value is -3.50. The number of benzene rings is 3. The van der Waals surface area contributed by atoms with E-state index in [0.717, 1.165) is 34.1 Å². The van der Waals surface area contributed by atoms with Crippen LogP contribution in [0.15, 0.2) is 79.0 Å². The molecule has 2 N–H and O–H groups in total.